The van der Waals surface area contributed by atoms with Crippen LogP contribution in [-0.4, -0.2) is 25.3 Å². The first-order valence-electron chi connectivity index (χ1n) is 6.14. The largest absolute Gasteiger partial charge is 0.483 e. The van der Waals surface area contributed by atoms with Crippen LogP contribution < -0.4 is 10.1 Å². The quantitative estimate of drug-likeness (QED) is 0.779. The molecule has 0 bridgehead atoms. The van der Waals surface area contributed by atoms with E-state index in [2.05, 4.69) is 5.32 Å². The van der Waals surface area contributed by atoms with Crippen molar-refractivity contribution in [2.45, 2.75) is 19.8 Å². The third-order valence-electron chi connectivity index (χ3n) is 2.94. The highest BCUT2D eigenvalue weighted by Gasteiger charge is 2.21. The molecule has 0 radical (unpaired) electrons. The first-order chi connectivity index (χ1) is 8.69. The first-order valence-corrected chi connectivity index (χ1v) is 6.14. The first kappa shape index (κ1) is 12.6. The van der Waals surface area contributed by atoms with Crippen LogP contribution in [0.5, 0.6) is 5.75 Å². The van der Waals surface area contributed by atoms with Gasteiger partial charge in [-0.25, -0.2) is 0 Å². The van der Waals surface area contributed by atoms with Gasteiger partial charge in [-0.3, -0.25) is 9.59 Å². The second-order valence-corrected chi connectivity index (χ2v) is 4.70. The summed E-state index contributed by atoms with van der Waals surface area (Å²) in [7, 11) is 0. The highest BCUT2D eigenvalue weighted by Crippen LogP contribution is 2.27. The number of rotatable bonds is 6. The van der Waals surface area contributed by atoms with E-state index in [9.17, 15) is 9.59 Å². The fourth-order valence-corrected chi connectivity index (χ4v) is 1.67. The monoisotopic (exact) mass is 247 g/mol. The van der Waals surface area contributed by atoms with Crippen molar-refractivity contribution in [1.82, 2.24) is 5.32 Å². The average molecular weight is 247 g/mol. The van der Waals surface area contributed by atoms with Gasteiger partial charge >= 0.3 is 0 Å². The van der Waals surface area contributed by atoms with Gasteiger partial charge in [0, 0.05) is 6.54 Å². The lowest BCUT2D eigenvalue weighted by Gasteiger charge is -2.09. The van der Waals surface area contributed by atoms with Gasteiger partial charge in [-0.1, -0.05) is 11.6 Å². The lowest BCUT2D eigenvalue weighted by atomic mass is 10.1. The van der Waals surface area contributed by atoms with E-state index >= 15 is 0 Å². The summed E-state index contributed by atoms with van der Waals surface area (Å²) >= 11 is 0. The Balaban J connectivity index is 1.84. The summed E-state index contributed by atoms with van der Waals surface area (Å²) in [5, 5.41) is 2.81. The molecule has 4 heteroatoms. The molecule has 0 heterocycles. The number of ether oxygens (including phenoxy) is 1. The van der Waals surface area contributed by atoms with Crippen molar-refractivity contribution in [3.8, 4) is 5.75 Å². The third kappa shape index (κ3) is 3.58. The Morgan fingerprint density at radius 3 is 2.94 bits per heavy atom. The number of amides is 1. The molecular formula is C14H17NO3. The van der Waals surface area contributed by atoms with Gasteiger partial charge in [0.2, 0.25) is 0 Å². The fraction of sp³-hybridized carbons (Fsp3) is 0.429. The van der Waals surface area contributed by atoms with Crippen LogP contribution in [0.15, 0.2) is 18.2 Å². The van der Waals surface area contributed by atoms with E-state index in [1.54, 1.807) is 12.1 Å². The van der Waals surface area contributed by atoms with Gasteiger partial charge in [0.15, 0.2) is 12.9 Å². The molecular weight excluding hydrogens is 230 g/mol. The Hall–Kier alpha value is -1.84. The van der Waals surface area contributed by atoms with Gasteiger partial charge in [0.1, 0.15) is 5.75 Å². The van der Waals surface area contributed by atoms with Crippen molar-refractivity contribution in [3.63, 3.8) is 0 Å². The molecule has 0 aromatic heterocycles. The molecule has 18 heavy (non-hydrogen) atoms. The van der Waals surface area contributed by atoms with Gasteiger partial charge in [0.25, 0.3) is 5.91 Å². The topological polar surface area (TPSA) is 55.4 Å². The molecule has 1 fully saturated rings. The van der Waals surface area contributed by atoms with Crippen LogP contribution in [0.3, 0.4) is 0 Å². The second-order valence-electron chi connectivity index (χ2n) is 4.70. The third-order valence-corrected chi connectivity index (χ3v) is 2.94. The van der Waals surface area contributed by atoms with Crippen LogP contribution in [0.2, 0.25) is 0 Å². The molecule has 96 valence electrons. The molecule has 1 aromatic rings. The van der Waals surface area contributed by atoms with Crippen LogP contribution >= 0.6 is 0 Å². The minimum Gasteiger partial charge on any atom is -0.483 e. The minimum atomic E-state index is -0.140. The number of carbonyl (C=O) groups excluding carboxylic acids is 2. The maximum absolute atomic E-state index is 11.5. The molecule has 1 aromatic carbocycles. The van der Waals surface area contributed by atoms with Crippen molar-refractivity contribution in [2.24, 2.45) is 5.92 Å². The van der Waals surface area contributed by atoms with Crippen LogP contribution in [0, 0.1) is 12.8 Å². The number of hydrogen-bond donors (Lipinski definition) is 1. The van der Waals surface area contributed by atoms with Crippen molar-refractivity contribution < 1.29 is 14.3 Å². The Kier molecular flexibility index (Phi) is 3.97. The molecule has 4 nitrogen and oxygen atoms in total. The zero-order chi connectivity index (χ0) is 13.0. The number of nitrogens with one attached hydrogen (secondary N) is 1. The van der Waals surface area contributed by atoms with Crippen molar-refractivity contribution >= 4 is 12.2 Å². The Bertz CT molecular complexity index is 452. The molecule has 0 saturated heterocycles. The lowest BCUT2D eigenvalue weighted by Crippen LogP contribution is -2.30. The number of aryl methyl sites for hydroxylation is 1. The van der Waals surface area contributed by atoms with Crippen LogP contribution in [-0.2, 0) is 4.79 Å². The van der Waals surface area contributed by atoms with Crippen LogP contribution in [0.1, 0.15) is 28.8 Å². The van der Waals surface area contributed by atoms with E-state index in [1.807, 2.05) is 13.0 Å². The molecule has 1 aliphatic carbocycles. The van der Waals surface area contributed by atoms with E-state index in [-0.39, 0.29) is 12.5 Å². The number of hydrogen-bond acceptors (Lipinski definition) is 3. The zero-order valence-corrected chi connectivity index (χ0v) is 10.4. The SMILES string of the molecule is Cc1ccc(OCC(=O)NCC2CC2)c(C=O)c1. The van der Waals surface area contributed by atoms with E-state index in [0.717, 1.165) is 18.4 Å². The van der Waals surface area contributed by atoms with E-state index in [4.69, 9.17) is 4.74 Å². The smallest absolute Gasteiger partial charge is 0.257 e. The second kappa shape index (κ2) is 5.67. The molecule has 1 aliphatic rings. The van der Waals surface area contributed by atoms with Gasteiger partial charge in [-0.15, -0.1) is 0 Å². The summed E-state index contributed by atoms with van der Waals surface area (Å²) in [4.78, 5) is 22.4. The van der Waals surface area contributed by atoms with E-state index in [0.29, 0.717) is 17.2 Å². The highest BCUT2D eigenvalue weighted by molar-refractivity contribution is 5.81. The zero-order valence-electron chi connectivity index (χ0n) is 10.4. The normalized spacial score (nSPS) is 14.1. The summed E-state index contributed by atoms with van der Waals surface area (Å²) in [5.41, 5.74) is 1.47. The predicted octanol–water partition coefficient (Wildman–Crippen LogP) is 1.71. The molecule has 1 saturated carbocycles. The van der Waals surface area contributed by atoms with Gasteiger partial charge in [0.05, 0.1) is 5.56 Å². The lowest BCUT2D eigenvalue weighted by molar-refractivity contribution is -0.123. The molecule has 0 unspecified atom stereocenters. The standard InChI is InChI=1S/C14H17NO3/c1-10-2-5-13(12(6-10)8-16)18-9-14(17)15-7-11-3-4-11/h2,5-6,8,11H,3-4,7,9H2,1H3,(H,15,17). The van der Waals surface area contributed by atoms with Crippen LogP contribution in [0.4, 0.5) is 0 Å². The Morgan fingerprint density at radius 2 is 2.28 bits per heavy atom. The molecule has 1 amide bonds. The molecule has 0 aliphatic heterocycles. The maximum Gasteiger partial charge on any atom is 0.257 e. The molecule has 0 spiro atoms. The van der Waals surface area contributed by atoms with Crippen molar-refractivity contribution in [1.29, 1.82) is 0 Å². The van der Waals surface area contributed by atoms with Crippen molar-refractivity contribution in [3.05, 3.63) is 29.3 Å². The fourth-order valence-electron chi connectivity index (χ4n) is 1.67. The predicted molar refractivity (Wildman–Crippen MR) is 67.8 cm³/mol. The summed E-state index contributed by atoms with van der Waals surface area (Å²) < 4.78 is 5.35. The van der Waals surface area contributed by atoms with E-state index < -0.39 is 0 Å². The number of aldehydes is 1. The summed E-state index contributed by atoms with van der Waals surface area (Å²) in [6.07, 6.45) is 3.15. The Morgan fingerprint density at radius 1 is 1.50 bits per heavy atom. The molecule has 1 N–H and O–H groups in total. The van der Waals surface area contributed by atoms with Crippen molar-refractivity contribution in [2.75, 3.05) is 13.2 Å². The maximum atomic E-state index is 11.5. The number of carbonyl (C=O) groups is 2. The van der Waals surface area contributed by atoms with Gasteiger partial charge in [-0.2, -0.15) is 0 Å². The van der Waals surface area contributed by atoms with Gasteiger partial charge < -0.3 is 10.1 Å². The minimum absolute atomic E-state index is 0.0450. The summed E-state index contributed by atoms with van der Waals surface area (Å²) in [6.45, 7) is 2.59. The average Bonchev–Trinajstić information content (AvgIpc) is 3.18. The van der Waals surface area contributed by atoms with Gasteiger partial charge in [-0.05, 0) is 37.8 Å². The highest BCUT2D eigenvalue weighted by atomic mass is 16.5. The Labute approximate surface area is 106 Å². The summed E-state index contributed by atoms with van der Waals surface area (Å²) in [6, 6.07) is 5.31. The number of benzene rings is 1. The summed E-state index contributed by atoms with van der Waals surface area (Å²) in [5.74, 6) is 0.968. The molecule has 0 atom stereocenters. The molecule has 2 rings (SSSR count). The van der Waals surface area contributed by atoms with Crippen LogP contribution in [0.25, 0.3) is 0 Å². The van der Waals surface area contributed by atoms with E-state index in [1.165, 1.54) is 12.8 Å².